The van der Waals surface area contributed by atoms with E-state index >= 15 is 0 Å². The van der Waals surface area contributed by atoms with Crippen LogP contribution in [-0.4, -0.2) is 10.9 Å². The molecule has 1 heterocycles. The summed E-state index contributed by atoms with van der Waals surface area (Å²) in [5, 5.41) is 9.52. The molecule has 0 bridgehead atoms. The van der Waals surface area contributed by atoms with Crippen molar-refractivity contribution in [2.45, 2.75) is 0 Å². The summed E-state index contributed by atoms with van der Waals surface area (Å²) >= 11 is 4.46. The minimum Gasteiger partial charge on any atom is -0.506 e. The summed E-state index contributed by atoms with van der Waals surface area (Å²) in [6, 6.07) is 10.4. The van der Waals surface area contributed by atoms with Crippen molar-refractivity contribution in [2.75, 3.05) is 0 Å². The highest BCUT2D eigenvalue weighted by Crippen LogP contribution is 2.33. The Morgan fingerprint density at radius 3 is 2.47 bits per heavy atom. The molecule has 0 amide bonds. The molecule has 0 spiro atoms. The summed E-state index contributed by atoms with van der Waals surface area (Å²) in [5.74, 6) is -0.121. The van der Waals surface area contributed by atoms with Gasteiger partial charge in [0.25, 0.3) is 0 Å². The summed E-state index contributed by atoms with van der Waals surface area (Å²) in [6.07, 6.45) is 0. The van der Waals surface area contributed by atoms with Crippen LogP contribution in [0.15, 0.2) is 40.2 Å². The van der Waals surface area contributed by atoms with Gasteiger partial charge in [0, 0.05) is 11.6 Å². The Bertz CT molecular complexity index is 491. The van der Waals surface area contributed by atoms with Gasteiger partial charge in [-0.05, 0) is 15.9 Å². The van der Waals surface area contributed by atoms with Crippen LogP contribution in [0, 0.1) is 0 Å². The molecule has 0 aliphatic rings. The molecule has 0 radical (unpaired) electrons. The second kappa shape index (κ2) is 4.16. The number of benzene rings is 1. The number of ketones is 1. The van der Waals surface area contributed by atoms with Crippen LogP contribution in [0.25, 0.3) is 0 Å². The molecule has 0 aliphatic heterocycles. The summed E-state index contributed by atoms with van der Waals surface area (Å²) in [5.41, 5.74) is 0.585. The van der Waals surface area contributed by atoms with Crippen LogP contribution >= 0.6 is 27.3 Å². The van der Waals surface area contributed by atoms with Crippen molar-refractivity contribution in [3.63, 3.8) is 0 Å². The molecule has 1 N–H and O–H groups in total. The number of hydrogen-bond acceptors (Lipinski definition) is 3. The van der Waals surface area contributed by atoms with Gasteiger partial charge in [0.05, 0.1) is 3.79 Å². The minimum atomic E-state index is -0.149. The Morgan fingerprint density at radius 2 is 1.93 bits per heavy atom. The van der Waals surface area contributed by atoms with E-state index in [0.717, 1.165) is 3.79 Å². The molecule has 15 heavy (non-hydrogen) atoms. The largest absolute Gasteiger partial charge is 0.506 e. The zero-order chi connectivity index (χ0) is 10.8. The second-order valence-corrected chi connectivity index (χ2v) is 5.39. The lowest BCUT2D eigenvalue weighted by molar-refractivity contribution is 0.104. The Hall–Kier alpha value is -1.13. The van der Waals surface area contributed by atoms with Gasteiger partial charge >= 0.3 is 0 Å². The Morgan fingerprint density at radius 1 is 1.27 bits per heavy atom. The molecule has 4 heteroatoms. The second-order valence-electron chi connectivity index (χ2n) is 2.96. The number of carbonyl (C=O) groups is 1. The monoisotopic (exact) mass is 282 g/mol. The molecule has 0 fully saturated rings. The average molecular weight is 283 g/mol. The number of thiophene rings is 1. The molecule has 1 aromatic carbocycles. The molecular formula is C11H7BrO2S. The van der Waals surface area contributed by atoms with Crippen molar-refractivity contribution in [3.8, 4) is 5.75 Å². The quantitative estimate of drug-likeness (QED) is 0.857. The summed E-state index contributed by atoms with van der Waals surface area (Å²) in [4.78, 5) is 12.3. The Balaban J connectivity index is 2.41. The van der Waals surface area contributed by atoms with Crippen molar-refractivity contribution < 1.29 is 9.90 Å². The smallest absolute Gasteiger partial charge is 0.206 e. The molecular weight excluding hydrogens is 276 g/mol. The summed E-state index contributed by atoms with van der Waals surface area (Å²) in [6.45, 7) is 0. The molecule has 0 aliphatic carbocycles. The number of aromatic hydroxyl groups is 1. The first-order valence-electron chi connectivity index (χ1n) is 4.26. The highest BCUT2D eigenvalue weighted by Gasteiger charge is 2.16. The lowest BCUT2D eigenvalue weighted by atomic mass is 10.1. The molecule has 0 unspecified atom stereocenters. The third-order valence-corrected chi connectivity index (χ3v) is 3.55. The lowest BCUT2D eigenvalue weighted by Gasteiger charge is -1.97. The maximum atomic E-state index is 11.9. The van der Waals surface area contributed by atoms with E-state index in [1.807, 2.05) is 6.07 Å². The van der Waals surface area contributed by atoms with Crippen molar-refractivity contribution in [1.29, 1.82) is 0 Å². The molecule has 2 rings (SSSR count). The lowest BCUT2D eigenvalue weighted by Crippen LogP contribution is -1.97. The van der Waals surface area contributed by atoms with Crippen molar-refractivity contribution >= 4 is 33.0 Å². The first-order valence-corrected chi connectivity index (χ1v) is 5.87. The predicted molar refractivity (Wildman–Crippen MR) is 63.6 cm³/mol. The van der Waals surface area contributed by atoms with Gasteiger partial charge < -0.3 is 5.11 Å². The van der Waals surface area contributed by atoms with Gasteiger partial charge in [-0.15, -0.1) is 11.3 Å². The van der Waals surface area contributed by atoms with Gasteiger partial charge in [0.15, 0.2) is 0 Å². The molecule has 2 aromatic rings. The summed E-state index contributed by atoms with van der Waals surface area (Å²) in [7, 11) is 0. The third kappa shape index (κ3) is 2.11. The number of halogens is 1. The van der Waals surface area contributed by atoms with Crippen molar-refractivity contribution in [3.05, 3.63) is 50.6 Å². The van der Waals surface area contributed by atoms with Crippen LogP contribution in [0.5, 0.6) is 5.75 Å². The average Bonchev–Trinajstić information content (AvgIpc) is 2.58. The van der Waals surface area contributed by atoms with Gasteiger partial charge in [-0.3, -0.25) is 4.79 Å². The standard InChI is InChI=1S/C11H7BrO2S/c12-9-6-8(13)11(15-9)10(14)7-4-2-1-3-5-7/h1-6,13H. The van der Waals surface area contributed by atoms with E-state index in [0.29, 0.717) is 10.4 Å². The predicted octanol–water partition coefficient (Wildman–Crippen LogP) is 3.45. The molecule has 0 saturated carbocycles. The van der Waals surface area contributed by atoms with E-state index in [1.165, 1.54) is 17.4 Å². The molecule has 76 valence electrons. The fourth-order valence-corrected chi connectivity index (χ4v) is 2.68. The van der Waals surface area contributed by atoms with E-state index in [-0.39, 0.29) is 11.5 Å². The topological polar surface area (TPSA) is 37.3 Å². The normalized spacial score (nSPS) is 10.2. The SMILES string of the molecule is O=C(c1ccccc1)c1sc(Br)cc1O. The van der Waals surface area contributed by atoms with Crippen molar-refractivity contribution in [2.24, 2.45) is 0 Å². The van der Waals surface area contributed by atoms with Crippen LogP contribution in [-0.2, 0) is 0 Å². The van der Waals surface area contributed by atoms with Gasteiger partial charge in [0.2, 0.25) is 5.78 Å². The zero-order valence-corrected chi connectivity index (χ0v) is 10.0. The van der Waals surface area contributed by atoms with Gasteiger partial charge in [0.1, 0.15) is 10.6 Å². The number of carbonyl (C=O) groups excluding carboxylic acids is 1. The fourth-order valence-electron chi connectivity index (χ4n) is 1.24. The van der Waals surface area contributed by atoms with E-state index < -0.39 is 0 Å². The van der Waals surface area contributed by atoms with Crippen LogP contribution < -0.4 is 0 Å². The molecule has 0 atom stereocenters. The Kier molecular flexibility index (Phi) is 2.88. The van der Waals surface area contributed by atoms with E-state index in [2.05, 4.69) is 15.9 Å². The van der Waals surface area contributed by atoms with E-state index in [1.54, 1.807) is 24.3 Å². The summed E-state index contributed by atoms with van der Waals surface area (Å²) < 4.78 is 0.749. The third-order valence-electron chi connectivity index (χ3n) is 1.92. The van der Waals surface area contributed by atoms with Gasteiger partial charge in [-0.2, -0.15) is 0 Å². The number of rotatable bonds is 2. The first-order chi connectivity index (χ1) is 7.18. The zero-order valence-electron chi connectivity index (χ0n) is 7.61. The maximum Gasteiger partial charge on any atom is 0.206 e. The van der Waals surface area contributed by atoms with Crippen LogP contribution in [0.3, 0.4) is 0 Å². The Labute approximate surface area is 99.3 Å². The number of hydrogen-bond donors (Lipinski definition) is 1. The van der Waals surface area contributed by atoms with Crippen LogP contribution in [0.1, 0.15) is 15.2 Å². The van der Waals surface area contributed by atoms with Crippen molar-refractivity contribution in [1.82, 2.24) is 0 Å². The maximum absolute atomic E-state index is 11.9. The first kappa shape index (κ1) is 10.4. The van der Waals surface area contributed by atoms with Gasteiger partial charge in [-0.25, -0.2) is 0 Å². The fraction of sp³-hybridized carbons (Fsp3) is 0. The highest BCUT2D eigenvalue weighted by molar-refractivity contribution is 9.11. The van der Waals surface area contributed by atoms with E-state index in [4.69, 9.17) is 0 Å². The minimum absolute atomic E-state index is 0.0285. The molecule has 1 aromatic heterocycles. The molecule has 0 saturated heterocycles. The van der Waals surface area contributed by atoms with E-state index in [9.17, 15) is 9.90 Å². The van der Waals surface area contributed by atoms with Crippen LogP contribution in [0.2, 0.25) is 0 Å². The molecule has 2 nitrogen and oxygen atoms in total. The highest BCUT2D eigenvalue weighted by atomic mass is 79.9. The van der Waals surface area contributed by atoms with Crippen LogP contribution in [0.4, 0.5) is 0 Å². The van der Waals surface area contributed by atoms with Gasteiger partial charge in [-0.1, -0.05) is 30.3 Å².